The lowest BCUT2D eigenvalue weighted by atomic mass is 9.50. The topological polar surface area (TPSA) is 73.9 Å². The molecule has 5 aliphatic rings. The first-order valence-corrected chi connectivity index (χ1v) is 16.8. The SMILES string of the molecule is COc1cc(OC(C)=O)c2c3c1O[C@H]1[C@@H](NC(=O)C#Cc4ccc(C(F)(F)F)cc4)CC[C@H]4[C@@H](C2)[N+](CC(C)C)(CC2CC2)CC[C@@]341. The van der Waals surface area contributed by atoms with Gasteiger partial charge in [-0.2, -0.15) is 13.2 Å². The van der Waals surface area contributed by atoms with E-state index in [0.717, 1.165) is 72.4 Å². The van der Waals surface area contributed by atoms with Crippen molar-refractivity contribution >= 4 is 11.9 Å². The summed E-state index contributed by atoms with van der Waals surface area (Å²) in [7, 11) is 1.58. The van der Waals surface area contributed by atoms with E-state index in [0.29, 0.717) is 40.7 Å². The summed E-state index contributed by atoms with van der Waals surface area (Å²) in [6, 6.07) is 6.23. The number of hydrogen-bond donors (Lipinski definition) is 1. The molecular weight excluding hydrogens is 609 g/mol. The molecule has 1 unspecified atom stereocenters. The van der Waals surface area contributed by atoms with Crippen LogP contribution in [0.1, 0.15) is 75.1 Å². The molecule has 2 aliphatic heterocycles. The number of likely N-dealkylation sites (tertiary alicyclic amines) is 1. The Morgan fingerprint density at radius 2 is 1.87 bits per heavy atom. The van der Waals surface area contributed by atoms with Crippen LogP contribution in [0, 0.1) is 29.6 Å². The summed E-state index contributed by atoms with van der Waals surface area (Å²) in [6.07, 6.45) is 1.07. The Labute approximate surface area is 273 Å². The van der Waals surface area contributed by atoms with Crippen molar-refractivity contribution in [3.63, 3.8) is 0 Å². The van der Waals surface area contributed by atoms with Gasteiger partial charge in [-0.05, 0) is 49.9 Å². The van der Waals surface area contributed by atoms with Gasteiger partial charge in [0.05, 0.1) is 49.8 Å². The third kappa shape index (κ3) is 5.44. The van der Waals surface area contributed by atoms with Crippen LogP contribution < -0.4 is 19.5 Å². The number of nitrogens with zero attached hydrogens (tertiary/aromatic N) is 1. The molecule has 3 fully saturated rings. The van der Waals surface area contributed by atoms with Gasteiger partial charge >= 0.3 is 12.1 Å². The molecule has 1 spiro atoms. The number of nitrogens with one attached hydrogen (secondary N) is 1. The second-order valence-electron chi connectivity index (χ2n) is 14.7. The predicted molar refractivity (Wildman–Crippen MR) is 168 cm³/mol. The summed E-state index contributed by atoms with van der Waals surface area (Å²) >= 11 is 0. The Kier molecular flexibility index (Phi) is 7.78. The summed E-state index contributed by atoms with van der Waals surface area (Å²) < 4.78 is 58.6. The van der Waals surface area contributed by atoms with Crippen LogP contribution in [0.4, 0.5) is 13.2 Å². The number of benzene rings is 2. The number of amides is 1. The number of halogens is 3. The molecule has 2 saturated carbocycles. The first-order chi connectivity index (χ1) is 22.3. The van der Waals surface area contributed by atoms with E-state index < -0.39 is 23.1 Å². The largest absolute Gasteiger partial charge is 0.493 e. The van der Waals surface area contributed by atoms with E-state index in [4.69, 9.17) is 14.2 Å². The minimum atomic E-state index is -4.44. The van der Waals surface area contributed by atoms with E-state index >= 15 is 0 Å². The number of methoxy groups -OCH3 is 1. The van der Waals surface area contributed by atoms with Crippen molar-refractivity contribution in [3.8, 4) is 29.1 Å². The van der Waals surface area contributed by atoms with Gasteiger partial charge in [0.15, 0.2) is 11.5 Å². The molecule has 2 aromatic rings. The Morgan fingerprint density at radius 3 is 2.51 bits per heavy atom. The van der Waals surface area contributed by atoms with Crippen LogP contribution in [-0.4, -0.2) is 61.3 Å². The minimum absolute atomic E-state index is 0.316. The van der Waals surface area contributed by atoms with E-state index in [1.165, 1.54) is 38.4 Å². The lowest BCUT2D eigenvalue weighted by Gasteiger charge is -2.63. The van der Waals surface area contributed by atoms with E-state index in [9.17, 15) is 22.8 Å². The van der Waals surface area contributed by atoms with Crippen molar-refractivity contribution in [2.75, 3.05) is 26.7 Å². The van der Waals surface area contributed by atoms with Gasteiger partial charge in [0.2, 0.25) is 0 Å². The number of ether oxygens (including phenoxy) is 3. The highest BCUT2D eigenvalue weighted by molar-refractivity contribution is 5.94. The van der Waals surface area contributed by atoms with Gasteiger partial charge in [-0.25, -0.2) is 0 Å². The summed E-state index contributed by atoms with van der Waals surface area (Å²) in [4.78, 5) is 25.6. The predicted octanol–water partition coefficient (Wildman–Crippen LogP) is 5.80. The Hall–Kier alpha value is -3.71. The van der Waals surface area contributed by atoms with Crippen LogP contribution in [0.3, 0.4) is 0 Å². The second-order valence-corrected chi connectivity index (χ2v) is 14.7. The Bertz CT molecular complexity index is 1650. The van der Waals surface area contributed by atoms with E-state index in [1.807, 2.05) is 0 Å². The highest BCUT2D eigenvalue weighted by atomic mass is 19.4. The molecule has 10 heteroatoms. The van der Waals surface area contributed by atoms with Crippen LogP contribution in [0.15, 0.2) is 30.3 Å². The molecule has 1 saturated heterocycles. The molecule has 47 heavy (non-hydrogen) atoms. The summed E-state index contributed by atoms with van der Waals surface area (Å²) in [6.45, 7) is 9.31. The van der Waals surface area contributed by atoms with E-state index in [-0.39, 0.29) is 18.1 Å². The molecule has 2 bridgehead atoms. The van der Waals surface area contributed by atoms with Gasteiger partial charge in [-0.15, -0.1) is 0 Å². The highest BCUT2D eigenvalue weighted by Crippen LogP contribution is 2.66. The molecule has 7 rings (SSSR count). The maximum Gasteiger partial charge on any atom is 0.416 e. The molecule has 7 nitrogen and oxygen atoms in total. The van der Waals surface area contributed by atoms with Crippen LogP contribution in [-0.2, 0) is 27.6 Å². The van der Waals surface area contributed by atoms with Gasteiger partial charge in [0.25, 0.3) is 5.91 Å². The quantitative estimate of drug-likeness (QED) is 0.178. The van der Waals surface area contributed by atoms with Crippen LogP contribution in [0.25, 0.3) is 0 Å². The Morgan fingerprint density at radius 1 is 1.13 bits per heavy atom. The number of esters is 1. The monoisotopic (exact) mass is 651 g/mol. The zero-order valence-electron chi connectivity index (χ0n) is 27.3. The number of carbonyl (C=O) groups excluding carboxylic acids is 2. The number of alkyl halides is 3. The Balaban J connectivity index is 1.25. The molecule has 3 aliphatic carbocycles. The number of quaternary nitrogens is 1. The van der Waals surface area contributed by atoms with Crippen molar-refractivity contribution in [2.45, 2.75) is 89.1 Å². The summed E-state index contributed by atoms with van der Waals surface area (Å²) in [5.41, 5.74) is 1.26. The molecular formula is C37H42F3N2O5+. The van der Waals surface area contributed by atoms with Crippen molar-refractivity contribution in [1.29, 1.82) is 0 Å². The van der Waals surface area contributed by atoms with E-state index in [1.54, 1.807) is 13.2 Å². The molecule has 250 valence electrons. The molecule has 6 atom stereocenters. The zero-order chi connectivity index (χ0) is 33.3. The normalized spacial score (nSPS) is 30.0. The minimum Gasteiger partial charge on any atom is -0.493 e. The van der Waals surface area contributed by atoms with Gasteiger partial charge in [0.1, 0.15) is 11.9 Å². The fourth-order valence-electron chi connectivity index (χ4n) is 9.63. The number of piperidine rings is 1. The third-order valence-electron chi connectivity index (χ3n) is 11.3. The second kappa shape index (κ2) is 11.5. The van der Waals surface area contributed by atoms with Crippen molar-refractivity contribution in [1.82, 2.24) is 5.32 Å². The average molecular weight is 652 g/mol. The molecule has 1 N–H and O–H groups in total. The lowest BCUT2D eigenvalue weighted by Crippen LogP contribution is -2.75. The maximum absolute atomic E-state index is 13.3. The van der Waals surface area contributed by atoms with Crippen molar-refractivity contribution in [3.05, 3.63) is 52.6 Å². The molecule has 1 amide bonds. The number of hydrogen-bond acceptors (Lipinski definition) is 5. The van der Waals surface area contributed by atoms with Crippen molar-refractivity contribution in [2.24, 2.45) is 17.8 Å². The maximum atomic E-state index is 13.3. The molecule has 2 aromatic carbocycles. The molecule has 2 heterocycles. The summed E-state index contributed by atoms with van der Waals surface area (Å²) in [5.74, 6) is 7.73. The molecule has 0 radical (unpaired) electrons. The fraction of sp³-hybridized carbons (Fsp3) is 0.568. The van der Waals surface area contributed by atoms with Gasteiger partial charge in [0, 0.05) is 66.2 Å². The third-order valence-corrected chi connectivity index (χ3v) is 11.3. The first-order valence-electron chi connectivity index (χ1n) is 16.8. The average Bonchev–Trinajstić information content (AvgIpc) is 3.75. The number of carbonyl (C=O) groups is 2. The van der Waals surface area contributed by atoms with Gasteiger partial charge in [-0.1, -0.05) is 19.8 Å². The molecule has 0 aromatic heterocycles. The fourth-order valence-corrected chi connectivity index (χ4v) is 9.63. The highest BCUT2D eigenvalue weighted by Gasteiger charge is 2.70. The zero-order valence-corrected chi connectivity index (χ0v) is 27.3. The summed E-state index contributed by atoms with van der Waals surface area (Å²) in [5, 5.41) is 3.12. The van der Waals surface area contributed by atoms with Crippen molar-refractivity contribution < 1.29 is 41.5 Å². The first kappa shape index (κ1) is 31.9. The standard InChI is InChI=1S/C37H41F3N2O5/c1-21(2)19-42(20-24-5-6-24)16-15-36-27-12-13-28(41-32(44)14-9-23-7-10-25(11-8-23)37(38,39)40)35(36)47-34-31(45-4)18-30(46-22(3)43)26(33(34)36)17-29(27)42/h7-8,10-11,18,21,24,27-29,35H,5-6,12-13,15-17,19-20H2,1-4H3/p+1/t27-,28-,29+,35-,36-,42?/m0/s1. The van der Waals surface area contributed by atoms with Crippen LogP contribution >= 0.6 is 0 Å². The van der Waals surface area contributed by atoms with Gasteiger partial charge in [-0.3, -0.25) is 9.59 Å². The number of rotatable bonds is 7. The lowest BCUT2D eigenvalue weighted by molar-refractivity contribution is -0.966. The van der Waals surface area contributed by atoms with Gasteiger partial charge < -0.3 is 24.0 Å². The smallest absolute Gasteiger partial charge is 0.416 e. The van der Waals surface area contributed by atoms with Crippen LogP contribution in [0.2, 0.25) is 0 Å². The van der Waals surface area contributed by atoms with Crippen LogP contribution in [0.5, 0.6) is 17.2 Å². The van der Waals surface area contributed by atoms with E-state index in [2.05, 4.69) is 31.0 Å².